The van der Waals surface area contributed by atoms with Crippen molar-refractivity contribution >= 4 is 11.6 Å². The minimum Gasteiger partial charge on any atom is -0.490 e. The van der Waals surface area contributed by atoms with Gasteiger partial charge in [-0.25, -0.2) is 0 Å². The van der Waals surface area contributed by atoms with E-state index in [1.54, 1.807) is 18.2 Å². The molecule has 1 amide bonds. The first-order chi connectivity index (χ1) is 10.7. The van der Waals surface area contributed by atoms with Gasteiger partial charge in [-0.05, 0) is 24.6 Å². The quantitative estimate of drug-likeness (QED) is 0.738. The highest BCUT2D eigenvalue weighted by Gasteiger charge is 2.11. The summed E-state index contributed by atoms with van der Waals surface area (Å²) >= 11 is 0. The lowest BCUT2D eigenvalue weighted by Crippen LogP contribution is -2.38. The Bertz CT molecular complexity index is 488. The van der Waals surface area contributed by atoms with Crippen LogP contribution in [-0.4, -0.2) is 56.8 Å². The summed E-state index contributed by atoms with van der Waals surface area (Å²) in [5.74, 6) is 0.522. The number of carbonyl (C=O) groups is 1. The summed E-state index contributed by atoms with van der Waals surface area (Å²) in [6, 6.07) is 5.16. The molecule has 1 aliphatic rings. The van der Waals surface area contributed by atoms with Crippen LogP contribution < -0.4 is 15.8 Å². The Morgan fingerprint density at radius 3 is 2.86 bits per heavy atom. The van der Waals surface area contributed by atoms with Crippen LogP contribution in [0.2, 0.25) is 0 Å². The lowest BCUT2D eigenvalue weighted by Gasteiger charge is -2.26. The van der Waals surface area contributed by atoms with Crippen LogP contribution in [0.3, 0.4) is 0 Å². The number of rotatable bonds is 7. The fourth-order valence-electron chi connectivity index (χ4n) is 2.27. The van der Waals surface area contributed by atoms with Crippen molar-refractivity contribution in [3.63, 3.8) is 0 Å². The second-order valence-corrected chi connectivity index (χ2v) is 5.31. The van der Waals surface area contributed by atoms with Crippen LogP contribution >= 0.6 is 0 Å². The van der Waals surface area contributed by atoms with Gasteiger partial charge in [0.05, 0.1) is 18.9 Å². The third-order valence-electron chi connectivity index (χ3n) is 3.58. The minimum atomic E-state index is -0.103. The topological polar surface area (TPSA) is 76.8 Å². The average Bonchev–Trinajstić information content (AvgIpc) is 2.55. The molecule has 1 heterocycles. The summed E-state index contributed by atoms with van der Waals surface area (Å²) < 4.78 is 11.0. The van der Waals surface area contributed by atoms with E-state index in [0.29, 0.717) is 30.2 Å². The number of hydrogen-bond donors (Lipinski definition) is 2. The average molecular weight is 307 g/mol. The number of hydrogen-bond acceptors (Lipinski definition) is 5. The number of anilines is 1. The highest BCUT2D eigenvalue weighted by atomic mass is 16.5. The standard InChI is InChI=1S/C16H25N3O3/c1-2-5-18-16(20)13-3-4-15(14(17)12-13)22-11-8-19-6-9-21-10-7-19/h3-4,12H,2,5-11,17H2,1H3,(H,18,20). The number of nitrogens with one attached hydrogen (secondary N) is 1. The molecule has 1 aromatic carbocycles. The molecule has 6 heteroatoms. The molecule has 1 aromatic rings. The van der Waals surface area contributed by atoms with Crippen LogP contribution in [0.25, 0.3) is 0 Å². The lowest BCUT2D eigenvalue weighted by molar-refractivity contribution is 0.0323. The first-order valence-corrected chi connectivity index (χ1v) is 7.81. The molecule has 0 saturated carbocycles. The van der Waals surface area contributed by atoms with Gasteiger partial charge >= 0.3 is 0 Å². The molecule has 6 nitrogen and oxygen atoms in total. The van der Waals surface area contributed by atoms with Gasteiger partial charge in [-0.2, -0.15) is 0 Å². The highest BCUT2D eigenvalue weighted by molar-refractivity contribution is 5.95. The largest absolute Gasteiger partial charge is 0.490 e. The molecule has 2 rings (SSSR count). The zero-order valence-electron chi connectivity index (χ0n) is 13.1. The summed E-state index contributed by atoms with van der Waals surface area (Å²) in [5, 5.41) is 2.83. The van der Waals surface area contributed by atoms with Crippen LogP contribution in [0, 0.1) is 0 Å². The Morgan fingerprint density at radius 2 is 2.18 bits per heavy atom. The van der Waals surface area contributed by atoms with E-state index in [0.717, 1.165) is 39.3 Å². The van der Waals surface area contributed by atoms with Crippen molar-refractivity contribution < 1.29 is 14.3 Å². The van der Waals surface area contributed by atoms with E-state index in [9.17, 15) is 4.79 Å². The van der Waals surface area contributed by atoms with Gasteiger partial charge in [0.2, 0.25) is 0 Å². The Hall–Kier alpha value is -1.79. The van der Waals surface area contributed by atoms with Crippen molar-refractivity contribution in [1.29, 1.82) is 0 Å². The zero-order chi connectivity index (χ0) is 15.8. The van der Waals surface area contributed by atoms with Gasteiger partial charge < -0.3 is 20.5 Å². The second kappa shape index (κ2) is 8.60. The van der Waals surface area contributed by atoms with Gasteiger partial charge in [0.25, 0.3) is 5.91 Å². The minimum absolute atomic E-state index is 0.103. The Morgan fingerprint density at radius 1 is 1.41 bits per heavy atom. The van der Waals surface area contributed by atoms with Crippen LogP contribution in [0.5, 0.6) is 5.75 Å². The van der Waals surface area contributed by atoms with Gasteiger partial charge in [-0.1, -0.05) is 6.92 Å². The maximum atomic E-state index is 11.9. The number of nitrogen functional groups attached to an aromatic ring is 1. The summed E-state index contributed by atoms with van der Waals surface area (Å²) in [4.78, 5) is 14.2. The molecule has 1 aliphatic heterocycles. The molecule has 1 saturated heterocycles. The molecule has 0 unspecified atom stereocenters. The third-order valence-corrected chi connectivity index (χ3v) is 3.58. The Kier molecular flexibility index (Phi) is 6.48. The number of ether oxygens (including phenoxy) is 2. The number of amides is 1. The molecule has 122 valence electrons. The summed E-state index contributed by atoms with van der Waals surface area (Å²) in [7, 11) is 0. The van der Waals surface area contributed by atoms with E-state index < -0.39 is 0 Å². The molecule has 0 radical (unpaired) electrons. The van der Waals surface area contributed by atoms with E-state index in [4.69, 9.17) is 15.2 Å². The first-order valence-electron chi connectivity index (χ1n) is 7.81. The van der Waals surface area contributed by atoms with Gasteiger partial charge in [-0.3, -0.25) is 9.69 Å². The normalized spacial score (nSPS) is 15.5. The fourth-order valence-corrected chi connectivity index (χ4v) is 2.27. The SMILES string of the molecule is CCCNC(=O)c1ccc(OCCN2CCOCC2)c(N)c1. The maximum Gasteiger partial charge on any atom is 0.251 e. The lowest BCUT2D eigenvalue weighted by atomic mass is 10.1. The highest BCUT2D eigenvalue weighted by Crippen LogP contribution is 2.22. The van der Waals surface area contributed by atoms with Gasteiger partial charge in [-0.15, -0.1) is 0 Å². The fraction of sp³-hybridized carbons (Fsp3) is 0.562. The van der Waals surface area contributed by atoms with E-state index in [1.165, 1.54) is 0 Å². The summed E-state index contributed by atoms with van der Waals surface area (Å²) in [6.07, 6.45) is 0.907. The Labute approximate surface area is 131 Å². The summed E-state index contributed by atoms with van der Waals surface area (Å²) in [5.41, 5.74) is 7.02. The van der Waals surface area contributed by atoms with Gasteiger partial charge in [0.1, 0.15) is 12.4 Å². The number of nitrogens with two attached hydrogens (primary N) is 1. The van der Waals surface area contributed by atoms with Crippen molar-refractivity contribution in [3.05, 3.63) is 23.8 Å². The monoisotopic (exact) mass is 307 g/mol. The van der Waals surface area contributed by atoms with E-state index >= 15 is 0 Å². The van der Waals surface area contributed by atoms with E-state index in [2.05, 4.69) is 10.2 Å². The van der Waals surface area contributed by atoms with Crippen molar-refractivity contribution in [2.75, 3.05) is 51.7 Å². The zero-order valence-corrected chi connectivity index (χ0v) is 13.1. The van der Waals surface area contributed by atoms with Crippen molar-refractivity contribution in [3.8, 4) is 5.75 Å². The molecule has 0 atom stereocenters. The molecule has 0 aliphatic carbocycles. The predicted molar refractivity (Wildman–Crippen MR) is 86.2 cm³/mol. The third kappa shape index (κ3) is 4.89. The molecular formula is C16H25N3O3. The maximum absolute atomic E-state index is 11.9. The molecular weight excluding hydrogens is 282 g/mol. The van der Waals surface area contributed by atoms with Crippen molar-refractivity contribution in [1.82, 2.24) is 10.2 Å². The second-order valence-electron chi connectivity index (χ2n) is 5.31. The van der Waals surface area contributed by atoms with Crippen LogP contribution in [0.1, 0.15) is 23.7 Å². The summed E-state index contributed by atoms with van der Waals surface area (Å²) in [6.45, 7) is 7.54. The molecule has 22 heavy (non-hydrogen) atoms. The molecule has 0 bridgehead atoms. The van der Waals surface area contributed by atoms with Gasteiger partial charge in [0.15, 0.2) is 0 Å². The van der Waals surface area contributed by atoms with E-state index in [1.807, 2.05) is 6.92 Å². The number of nitrogens with zero attached hydrogens (tertiary/aromatic N) is 1. The number of morpholine rings is 1. The van der Waals surface area contributed by atoms with Crippen LogP contribution in [0.15, 0.2) is 18.2 Å². The van der Waals surface area contributed by atoms with Crippen molar-refractivity contribution in [2.24, 2.45) is 0 Å². The number of benzene rings is 1. The smallest absolute Gasteiger partial charge is 0.251 e. The van der Waals surface area contributed by atoms with Gasteiger partial charge in [0, 0.05) is 31.7 Å². The van der Waals surface area contributed by atoms with Crippen LogP contribution in [0.4, 0.5) is 5.69 Å². The Balaban J connectivity index is 1.82. The van der Waals surface area contributed by atoms with E-state index in [-0.39, 0.29) is 5.91 Å². The molecule has 1 fully saturated rings. The number of carbonyl (C=O) groups excluding carboxylic acids is 1. The van der Waals surface area contributed by atoms with Crippen LogP contribution in [-0.2, 0) is 4.74 Å². The first kappa shape index (κ1) is 16.6. The predicted octanol–water partition coefficient (Wildman–Crippen LogP) is 1.12. The molecule has 0 aromatic heterocycles. The van der Waals surface area contributed by atoms with Crippen molar-refractivity contribution in [2.45, 2.75) is 13.3 Å². The molecule has 3 N–H and O–H groups in total. The molecule has 0 spiro atoms.